The molecule has 3 aromatic rings. The maximum absolute atomic E-state index is 12.9. The fraction of sp³-hybridized carbons (Fsp3) is 0.208. The van der Waals surface area contributed by atoms with Gasteiger partial charge in [-0.1, -0.05) is 12.1 Å². The third-order valence-electron chi connectivity index (χ3n) is 5.52. The fourth-order valence-electron chi connectivity index (χ4n) is 3.84. The highest BCUT2D eigenvalue weighted by Gasteiger charge is 2.28. The zero-order valence-corrected chi connectivity index (χ0v) is 20.1. The van der Waals surface area contributed by atoms with Gasteiger partial charge in [0.05, 0.1) is 16.3 Å². The number of anilines is 1. The van der Waals surface area contributed by atoms with Crippen LogP contribution in [0.4, 0.5) is 11.4 Å². The average molecular weight is 525 g/mol. The number of fused-ring (bicyclic) bond motifs is 1. The van der Waals surface area contributed by atoms with Crippen LogP contribution in [0.1, 0.15) is 56.2 Å². The number of nitrogens with one attached hydrogen (secondary N) is 2. The molecule has 0 radical (unpaired) electrons. The SMILES string of the molecule is Cc1ccc(NC(=O)c2oc3c(c2C)/C(=N/NC(=O)c2cccc([N+](=O)[O-])c2)CCC3)c(Br)c1. The van der Waals surface area contributed by atoms with Gasteiger partial charge in [0.2, 0.25) is 0 Å². The molecule has 2 aromatic carbocycles. The zero-order chi connectivity index (χ0) is 24.4. The van der Waals surface area contributed by atoms with Gasteiger partial charge >= 0.3 is 0 Å². The first kappa shape index (κ1) is 23.4. The van der Waals surface area contributed by atoms with Gasteiger partial charge in [0.1, 0.15) is 5.76 Å². The number of halogens is 1. The van der Waals surface area contributed by atoms with Crippen LogP contribution in [0.3, 0.4) is 0 Å². The van der Waals surface area contributed by atoms with Crippen LogP contribution in [0.2, 0.25) is 0 Å². The molecule has 0 aliphatic heterocycles. The van der Waals surface area contributed by atoms with Crippen molar-refractivity contribution in [3.8, 4) is 0 Å². The van der Waals surface area contributed by atoms with Crippen molar-refractivity contribution in [3.63, 3.8) is 0 Å². The number of hydrazone groups is 1. The summed E-state index contributed by atoms with van der Waals surface area (Å²) in [5.74, 6) is -0.111. The van der Waals surface area contributed by atoms with Crippen LogP contribution in [-0.2, 0) is 6.42 Å². The molecule has 174 valence electrons. The van der Waals surface area contributed by atoms with E-state index in [4.69, 9.17) is 4.42 Å². The van der Waals surface area contributed by atoms with Crippen molar-refractivity contribution in [2.24, 2.45) is 5.10 Å². The van der Waals surface area contributed by atoms with Crippen LogP contribution in [0.25, 0.3) is 0 Å². The number of carbonyl (C=O) groups excluding carboxylic acids is 2. The van der Waals surface area contributed by atoms with Crippen LogP contribution < -0.4 is 10.7 Å². The second kappa shape index (κ2) is 9.60. The summed E-state index contributed by atoms with van der Waals surface area (Å²) in [4.78, 5) is 35.8. The van der Waals surface area contributed by atoms with E-state index in [1.165, 1.54) is 24.3 Å². The molecule has 1 heterocycles. The first-order valence-electron chi connectivity index (χ1n) is 10.6. The number of nitrogens with zero attached hydrogens (tertiary/aromatic N) is 2. The normalized spacial score (nSPS) is 13.9. The lowest BCUT2D eigenvalue weighted by Crippen LogP contribution is -2.22. The summed E-state index contributed by atoms with van der Waals surface area (Å²) in [5, 5.41) is 18.1. The zero-order valence-electron chi connectivity index (χ0n) is 18.5. The molecule has 2 N–H and O–H groups in total. The van der Waals surface area contributed by atoms with Crippen molar-refractivity contribution < 1.29 is 18.9 Å². The lowest BCUT2D eigenvalue weighted by Gasteiger charge is -2.13. The number of aryl methyl sites for hydroxylation is 2. The standard InChI is InChI=1S/C24H21BrN4O5/c1-13-9-10-18(17(25)11-13)26-24(31)22-14(2)21-19(7-4-8-20(21)34-22)27-28-23(30)15-5-3-6-16(12-15)29(32)33/h3,5-6,9-12H,4,7-8H2,1-2H3,(H,26,31)(H,28,30)/b27-19+. The second-order valence-electron chi connectivity index (χ2n) is 7.95. The number of rotatable bonds is 5. The minimum atomic E-state index is -0.563. The van der Waals surface area contributed by atoms with Gasteiger partial charge in [-0.05, 0) is 66.4 Å². The smallest absolute Gasteiger partial charge is 0.291 e. The van der Waals surface area contributed by atoms with Crippen molar-refractivity contribution in [1.82, 2.24) is 5.43 Å². The van der Waals surface area contributed by atoms with E-state index in [-0.39, 0.29) is 22.9 Å². The Bertz CT molecular complexity index is 1350. The van der Waals surface area contributed by atoms with E-state index in [0.717, 1.165) is 16.5 Å². The Kier molecular flexibility index (Phi) is 6.60. The Balaban J connectivity index is 1.57. The molecule has 1 aliphatic rings. The number of amides is 2. The number of nitro groups is 1. The van der Waals surface area contributed by atoms with Gasteiger partial charge in [-0.15, -0.1) is 0 Å². The van der Waals surface area contributed by atoms with Crippen LogP contribution in [0.15, 0.2) is 56.5 Å². The summed E-state index contributed by atoms with van der Waals surface area (Å²) < 4.78 is 6.67. The van der Waals surface area contributed by atoms with Crippen LogP contribution in [0.5, 0.6) is 0 Å². The summed E-state index contributed by atoms with van der Waals surface area (Å²) in [6.07, 6.45) is 1.98. The Morgan fingerprint density at radius 2 is 1.91 bits per heavy atom. The molecule has 0 unspecified atom stereocenters. The first-order valence-corrected chi connectivity index (χ1v) is 11.4. The molecular weight excluding hydrogens is 504 g/mol. The fourth-order valence-corrected chi connectivity index (χ4v) is 4.43. The number of hydrogen-bond donors (Lipinski definition) is 2. The molecule has 1 aromatic heterocycles. The van der Waals surface area contributed by atoms with Gasteiger partial charge in [0.15, 0.2) is 5.76 Å². The van der Waals surface area contributed by atoms with E-state index in [0.29, 0.717) is 41.1 Å². The van der Waals surface area contributed by atoms with Crippen molar-refractivity contribution in [3.05, 3.63) is 90.8 Å². The topological polar surface area (TPSA) is 127 Å². The molecule has 0 saturated carbocycles. The Hall–Kier alpha value is -3.79. The first-order chi connectivity index (χ1) is 16.2. The molecule has 10 heteroatoms. The Labute approximate surface area is 203 Å². The molecule has 0 bridgehead atoms. The summed E-state index contributed by atoms with van der Waals surface area (Å²) in [6.45, 7) is 3.74. The van der Waals surface area contributed by atoms with Gasteiger partial charge in [-0.3, -0.25) is 19.7 Å². The second-order valence-corrected chi connectivity index (χ2v) is 8.81. The summed E-state index contributed by atoms with van der Waals surface area (Å²) in [5.41, 5.74) is 6.04. The number of carbonyl (C=O) groups is 2. The molecule has 9 nitrogen and oxygen atoms in total. The summed E-state index contributed by atoms with van der Waals surface area (Å²) >= 11 is 3.46. The van der Waals surface area contributed by atoms with Crippen LogP contribution in [-0.4, -0.2) is 22.4 Å². The summed E-state index contributed by atoms with van der Waals surface area (Å²) in [6, 6.07) is 11.0. The van der Waals surface area contributed by atoms with E-state index >= 15 is 0 Å². The molecule has 0 saturated heterocycles. The molecule has 2 amide bonds. The number of benzene rings is 2. The molecule has 1 aliphatic carbocycles. The van der Waals surface area contributed by atoms with Gasteiger partial charge in [0.25, 0.3) is 17.5 Å². The van der Waals surface area contributed by atoms with Crippen LogP contribution >= 0.6 is 15.9 Å². The number of nitro benzene ring substituents is 1. The minimum absolute atomic E-state index is 0.127. The molecule has 4 rings (SSSR count). The summed E-state index contributed by atoms with van der Waals surface area (Å²) in [7, 11) is 0. The number of non-ortho nitro benzene ring substituents is 1. The molecule has 0 spiro atoms. The highest BCUT2D eigenvalue weighted by atomic mass is 79.9. The van der Waals surface area contributed by atoms with E-state index < -0.39 is 10.8 Å². The Morgan fingerprint density at radius 1 is 1.12 bits per heavy atom. The third-order valence-corrected chi connectivity index (χ3v) is 6.17. The molecule has 0 atom stereocenters. The maximum Gasteiger partial charge on any atom is 0.291 e. The predicted octanol–water partition coefficient (Wildman–Crippen LogP) is 5.29. The van der Waals surface area contributed by atoms with Crippen molar-refractivity contribution in [2.45, 2.75) is 33.1 Å². The third kappa shape index (κ3) is 4.76. The largest absolute Gasteiger partial charge is 0.455 e. The molecule has 34 heavy (non-hydrogen) atoms. The van der Waals surface area contributed by atoms with E-state index in [9.17, 15) is 19.7 Å². The number of hydrogen-bond acceptors (Lipinski definition) is 6. The maximum atomic E-state index is 12.9. The van der Waals surface area contributed by atoms with Gasteiger partial charge < -0.3 is 9.73 Å². The lowest BCUT2D eigenvalue weighted by molar-refractivity contribution is -0.384. The van der Waals surface area contributed by atoms with Gasteiger partial charge in [-0.2, -0.15) is 5.10 Å². The monoisotopic (exact) mass is 524 g/mol. The lowest BCUT2D eigenvalue weighted by atomic mass is 9.93. The number of furan rings is 1. The van der Waals surface area contributed by atoms with E-state index in [2.05, 4.69) is 31.8 Å². The van der Waals surface area contributed by atoms with E-state index in [1.54, 1.807) is 6.92 Å². The van der Waals surface area contributed by atoms with Crippen LogP contribution in [0, 0.1) is 24.0 Å². The average Bonchev–Trinajstić information content (AvgIpc) is 3.16. The predicted molar refractivity (Wildman–Crippen MR) is 130 cm³/mol. The molecular formula is C24H21BrN4O5. The quantitative estimate of drug-likeness (QED) is 0.346. The van der Waals surface area contributed by atoms with E-state index in [1.807, 2.05) is 25.1 Å². The highest BCUT2D eigenvalue weighted by Crippen LogP contribution is 2.31. The molecule has 0 fully saturated rings. The highest BCUT2D eigenvalue weighted by molar-refractivity contribution is 9.10. The van der Waals surface area contributed by atoms with Crippen molar-refractivity contribution in [2.75, 3.05) is 5.32 Å². The van der Waals surface area contributed by atoms with Gasteiger partial charge in [-0.25, -0.2) is 5.43 Å². The van der Waals surface area contributed by atoms with Gasteiger partial charge in [0, 0.05) is 39.7 Å². The minimum Gasteiger partial charge on any atom is -0.455 e. The van der Waals surface area contributed by atoms with Crippen molar-refractivity contribution in [1.29, 1.82) is 0 Å². The van der Waals surface area contributed by atoms with Crippen molar-refractivity contribution >= 4 is 44.8 Å². The Morgan fingerprint density at radius 3 is 2.65 bits per heavy atom.